The molecule has 0 spiro atoms. The van der Waals surface area contributed by atoms with E-state index in [1.54, 1.807) is 0 Å². The normalized spacial score (nSPS) is 31.5. The molecule has 2 bridgehead atoms. The molecule has 2 aromatic rings. The average Bonchev–Trinajstić information content (AvgIpc) is 3.26. The monoisotopic (exact) mass is 350 g/mol. The average molecular weight is 350 g/mol. The number of imidazole rings is 1. The van der Waals surface area contributed by atoms with Gasteiger partial charge in [0.15, 0.2) is 0 Å². The summed E-state index contributed by atoms with van der Waals surface area (Å²) in [4.78, 5) is 29.3. The Labute approximate surface area is 152 Å². The van der Waals surface area contributed by atoms with Crippen molar-refractivity contribution in [1.29, 1.82) is 0 Å². The van der Waals surface area contributed by atoms with E-state index in [1.165, 1.54) is 5.56 Å². The number of benzene rings is 1. The highest BCUT2D eigenvalue weighted by atomic mass is 16.4. The maximum atomic E-state index is 13.4. The largest absolute Gasteiger partial charge is 0.481 e. The van der Waals surface area contributed by atoms with E-state index in [9.17, 15) is 14.7 Å². The van der Waals surface area contributed by atoms with Crippen molar-refractivity contribution in [1.82, 2.24) is 9.55 Å². The molecule has 1 aliphatic heterocycles. The number of hydrogen-bond acceptors (Lipinski definition) is 3. The Morgan fingerprint density at radius 1 is 1.08 bits per heavy atom. The van der Waals surface area contributed by atoms with Crippen LogP contribution in [0, 0.1) is 10.8 Å². The van der Waals surface area contributed by atoms with Crippen LogP contribution in [0.3, 0.4) is 0 Å². The summed E-state index contributed by atoms with van der Waals surface area (Å²) in [6, 6.07) is 8.26. The minimum Gasteiger partial charge on any atom is -0.481 e. The second kappa shape index (κ2) is 5.29. The van der Waals surface area contributed by atoms with Gasteiger partial charge >= 0.3 is 5.97 Å². The molecule has 6 rings (SSSR count). The van der Waals surface area contributed by atoms with E-state index < -0.39 is 11.4 Å². The fraction of sp³-hybridized carbons (Fsp3) is 0.476. The van der Waals surface area contributed by atoms with Crippen LogP contribution >= 0.6 is 0 Å². The summed E-state index contributed by atoms with van der Waals surface area (Å²) in [5, 5.41) is 9.57. The summed E-state index contributed by atoms with van der Waals surface area (Å²) >= 11 is 0. The Bertz CT molecular complexity index is 889. The molecule has 2 heterocycles. The number of carboxylic acid groups (broad SMARTS) is 1. The van der Waals surface area contributed by atoms with E-state index in [0.29, 0.717) is 31.5 Å². The Hall–Kier alpha value is -2.43. The van der Waals surface area contributed by atoms with Gasteiger partial charge in [-0.1, -0.05) is 24.3 Å². The Kier molecular flexibility index (Phi) is 3.21. The highest BCUT2D eigenvalue weighted by Crippen LogP contribution is 2.58. The maximum absolute atomic E-state index is 13.4. The Balaban J connectivity index is 1.42. The van der Waals surface area contributed by atoms with Crippen LogP contribution < -0.4 is 0 Å². The highest BCUT2D eigenvalue weighted by molar-refractivity contribution is 5.88. The van der Waals surface area contributed by atoms with Crippen LogP contribution in [0.2, 0.25) is 0 Å². The van der Waals surface area contributed by atoms with Crippen LogP contribution in [0.1, 0.15) is 56.6 Å². The van der Waals surface area contributed by atoms with E-state index in [4.69, 9.17) is 0 Å². The van der Waals surface area contributed by atoms with Crippen LogP contribution in [-0.4, -0.2) is 26.4 Å². The predicted molar refractivity (Wildman–Crippen MR) is 95.6 cm³/mol. The number of hydrogen-bond donors (Lipinski definition) is 1. The second-order valence-electron chi connectivity index (χ2n) is 8.28. The Morgan fingerprint density at radius 2 is 1.73 bits per heavy atom. The van der Waals surface area contributed by atoms with E-state index >= 15 is 0 Å². The van der Waals surface area contributed by atoms with Crippen LogP contribution in [0.4, 0.5) is 0 Å². The SMILES string of the molecule is O=C(O)C12CCC(C(=O)CC3c4ccccc4-c4cncn43)(CC1)CC2. The topological polar surface area (TPSA) is 72.2 Å². The lowest BCUT2D eigenvalue weighted by Gasteiger charge is -2.50. The number of Topliss-reactive ketones (excluding diaryl/α,β-unsaturated/α-hetero) is 1. The molecule has 26 heavy (non-hydrogen) atoms. The first kappa shape index (κ1) is 15.8. The third-order valence-corrected chi connectivity index (χ3v) is 7.27. The van der Waals surface area contributed by atoms with Crippen molar-refractivity contribution >= 4 is 11.8 Å². The van der Waals surface area contributed by atoms with Gasteiger partial charge in [0.2, 0.25) is 0 Å². The van der Waals surface area contributed by atoms with E-state index in [2.05, 4.69) is 21.7 Å². The zero-order valence-electron chi connectivity index (χ0n) is 14.6. The van der Waals surface area contributed by atoms with Gasteiger partial charge in [-0.15, -0.1) is 0 Å². The van der Waals surface area contributed by atoms with E-state index in [1.807, 2.05) is 24.7 Å². The molecule has 4 aliphatic rings. The zero-order chi connectivity index (χ0) is 17.9. The molecule has 1 atom stereocenters. The fourth-order valence-corrected chi connectivity index (χ4v) is 5.46. The van der Waals surface area contributed by atoms with Crippen molar-refractivity contribution in [2.45, 2.75) is 51.0 Å². The molecule has 1 unspecified atom stereocenters. The summed E-state index contributed by atoms with van der Waals surface area (Å²) < 4.78 is 2.12. The van der Waals surface area contributed by atoms with Crippen molar-refractivity contribution in [3.05, 3.63) is 42.4 Å². The van der Waals surface area contributed by atoms with Gasteiger partial charge < -0.3 is 9.67 Å². The van der Waals surface area contributed by atoms with Crippen LogP contribution in [0.25, 0.3) is 11.3 Å². The summed E-state index contributed by atoms with van der Waals surface area (Å²) in [5.74, 6) is -0.372. The summed E-state index contributed by atoms with van der Waals surface area (Å²) in [6.45, 7) is 0. The number of rotatable bonds is 4. The quantitative estimate of drug-likeness (QED) is 0.909. The smallest absolute Gasteiger partial charge is 0.309 e. The van der Waals surface area contributed by atoms with Gasteiger partial charge in [-0.05, 0) is 44.1 Å². The van der Waals surface area contributed by atoms with Gasteiger partial charge in [0.1, 0.15) is 5.78 Å². The lowest BCUT2D eigenvalue weighted by atomic mass is 9.52. The van der Waals surface area contributed by atoms with E-state index in [-0.39, 0.29) is 11.5 Å². The minimum atomic E-state index is -0.675. The molecule has 3 aliphatic carbocycles. The van der Waals surface area contributed by atoms with Crippen molar-refractivity contribution in [2.24, 2.45) is 10.8 Å². The number of carbonyl (C=O) groups excluding carboxylic acids is 1. The van der Waals surface area contributed by atoms with Gasteiger partial charge in [-0.2, -0.15) is 0 Å². The first-order valence-corrected chi connectivity index (χ1v) is 9.43. The second-order valence-corrected chi connectivity index (χ2v) is 8.28. The molecule has 0 saturated heterocycles. The van der Waals surface area contributed by atoms with Gasteiger partial charge in [0, 0.05) is 17.4 Å². The molecule has 134 valence electrons. The summed E-state index contributed by atoms with van der Waals surface area (Å²) in [5.41, 5.74) is 2.56. The lowest BCUT2D eigenvalue weighted by Crippen LogP contribution is -2.49. The standard InChI is InChI=1S/C21H22N2O3/c24-18(20-5-8-21(9-6-20,10-7-20)19(25)26)11-16-14-3-1-2-4-15(14)17-12-22-13-23(16)17/h1-4,12-13,16H,5-11H2,(H,25,26). The van der Waals surface area contributed by atoms with Gasteiger partial charge in [0.25, 0.3) is 0 Å². The number of aliphatic carboxylic acids is 1. The van der Waals surface area contributed by atoms with Crippen LogP contribution in [-0.2, 0) is 9.59 Å². The van der Waals surface area contributed by atoms with Gasteiger partial charge in [-0.3, -0.25) is 9.59 Å². The number of ketones is 1. The van der Waals surface area contributed by atoms with Gasteiger partial charge in [-0.25, -0.2) is 4.98 Å². The molecule has 0 radical (unpaired) electrons. The van der Waals surface area contributed by atoms with Crippen molar-refractivity contribution in [3.63, 3.8) is 0 Å². The number of nitrogens with zero attached hydrogens (tertiary/aromatic N) is 2. The van der Waals surface area contributed by atoms with Gasteiger partial charge in [0.05, 0.1) is 29.7 Å². The molecule has 5 heteroatoms. The maximum Gasteiger partial charge on any atom is 0.309 e. The Morgan fingerprint density at radius 3 is 2.42 bits per heavy atom. The molecular formula is C21H22N2O3. The molecular weight excluding hydrogens is 328 g/mol. The molecule has 0 amide bonds. The van der Waals surface area contributed by atoms with E-state index in [0.717, 1.165) is 30.5 Å². The molecule has 1 aromatic carbocycles. The molecule has 5 nitrogen and oxygen atoms in total. The molecule has 3 fully saturated rings. The fourth-order valence-electron chi connectivity index (χ4n) is 5.46. The summed E-state index contributed by atoms with van der Waals surface area (Å²) in [7, 11) is 0. The summed E-state index contributed by atoms with van der Waals surface area (Å²) in [6.07, 6.45) is 8.27. The third-order valence-electron chi connectivity index (χ3n) is 7.27. The molecule has 1 N–H and O–H groups in total. The van der Waals surface area contributed by atoms with Crippen LogP contribution in [0.15, 0.2) is 36.8 Å². The molecule has 1 aromatic heterocycles. The number of carboxylic acids is 1. The van der Waals surface area contributed by atoms with Crippen molar-refractivity contribution in [2.75, 3.05) is 0 Å². The first-order chi connectivity index (χ1) is 12.5. The minimum absolute atomic E-state index is 0.0126. The zero-order valence-corrected chi connectivity index (χ0v) is 14.6. The lowest BCUT2D eigenvalue weighted by molar-refractivity contribution is -0.162. The first-order valence-electron chi connectivity index (χ1n) is 9.43. The van der Waals surface area contributed by atoms with Crippen molar-refractivity contribution < 1.29 is 14.7 Å². The number of carbonyl (C=O) groups is 2. The number of fused-ring (bicyclic) bond motifs is 6. The third kappa shape index (κ3) is 2.00. The molecule has 3 saturated carbocycles. The number of aromatic nitrogens is 2. The predicted octanol–water partition coefficient (Wildman–Crippen LogP) is 3.84. The van der Waals surface area contributed by atoms with Crippen molar-refractivity contribution in [3.8, 4) is 11.3 Å². The van der Waals surface area contributed by atoms with Crippen LogP contribution in [0.5, 0.6) is 0 Å². The highest BCUT2D eigenvalue weighted by Gasteiger charge is 2.55.